The third-order valence-electron chi connectivity index (χ3n) is 6.02. The van der Waals surface area contributed by atoms with Crippen LogP contribution in [0.4, 0.5) is 0 Å². The van der Waals surface area contributed by atoms with E-state index in [0.29, 0.717) is 2.75 Å². The maximum absolute atomic E-state index is 2.72. The zero-order valence-electron chi connectivity index (χ0n) is 15.1. The summed E-state index contributed by atoms with van der Waals surface area (Å²) in [4.78, 5) is 0. The molecule has 0 fully saturated rings. The maximum atomic E-state index is 2.72. The molecule has 0 radical (unpaired) electrons. The van der Waals surface area contributed by atoms with Crippen molar-refractivity contribution in [1.29, 1.82) is 0 Å². The predicted molar refractivity (Wildman–Crippen MR) is 109 cm³/mol. The fraction of sp³-hybridized carbons (Fsp3) is 0.529. The van der Waals surface area contributed by atoms with Gasteiger partial charge in [0.15, 0.2) is 0 Å². The summed E-state index contributed by atoms with van der Waals surface area (Å²) >= 11 is 1.83. The van der Waals surface area contributed by atoms with Crippen LogP contribution in [-0.4, -0.2) is 31.6 Å². The fourth-order valence-electron chi connectivity index (χ4n) is 5.51. The summed E-state index contributed by atoms with van der Waals surface area (Å²) in [6, 6.07) is 0. The van der Waals surface area contributed by atoms with Crippen molar-refractivity contribution < 1.29 is 24.7 Å². The van der Waals surface area contributed by atoms with E-state index in [4.69, 9.17) is 0 Å². The molecule has 0 aromatic rings. The van der Waals surface area contributed by atoms with Crippen LogP contribution in [0.25, 0.3) is 0 Å². The van der Waals surface area contributed by atoms with Crippen molar-refractivity contribution in [1.82, 2.24) is 0 Å². The van der Waals surface area contributed by atoms with E-state index < -0.39 is 31.6 Å². The molecular weight excluding hydrogens is 408 g/mol. The van der Waals surface area contributed by atoms with Gasteiger partial charge in [-0.25, -0.2) is 0 Å². The molecule has 0 aliphatic heterocycles. The van der Waals surface area contributed by atoms with Gasteiger partial charge in [-0.05, 0) is 0 Å². The third-order valence-corrected chi connectivity index (χ3v) is 81.9. The Morgan fingerprint density at radius 3 is 1.41 bits per heavy atom. The molecule has 0 nitrogen and oxygen atoms in total. The van der Waals surface area contributed by atoms with Gasteiger partial charge in [0.1, 0.15) is 0 Å². The van der Waals surface area contributed by atoms with Crippen LogP contribution in [0.2, 0.25) is 42.0 Å². The van der Waals surface area contributed by atoms with Crippen molar-refractivity contribution in [3.8, 4) is 0 Å². The Bertz CT molecular complexity index is 489. The Morgan fingerprint density at radius 1 is 0.818 bits per heavy atom. The number of allylic oxidation sites excluding steroid dienone is 8. The van der Waals surface area contributed by atoms with Crippen molar-refractivity contribution in [2.75, 3.05) is 0 Å². The van der Waals surface area contributed by atoms with E-state index in [1.54, 1.807) is 0 Å². The van der Waals surface area contributed by atoms with Crippen LogP contribution in [0.3, 0.4) is 0 Å². The Morgan fingerprint density at radius 2 is 1.18 bits per heavy atom. The van der Waals surface area contributed by atoms with E-state index in [9.17, 15) is 0 Å². The molecule has 0 unspecified atom stereocenters. The van der Waals surface area contributed by atoms with Gasteiger partial charge in [0.25, 0.3) is 0 Å². The van der Waals surface area contributed by atoms with E-state index in [2.05, 4.69) is 75.7 Å². The van der Waals surface area contributed by atoms with Gasteiger partial charge in [0.05, 0.1) is 0 Å². The SMILES string of the molecule is C[SiH](C)[Si]([SiH](C)C)([SiH](C)C)[C]([Zr])(C1=CC=CC1)C1=CC=CC1. The molecule has 5 heteroatoms. The monoisotopic (exact) mass is 437 g/mol. The van der Waals surface area contributed by atoms with E-state index in [1.165, 1.54) is 12.8 Å². The summed E-state index contributed by atoms with van der Waals surface area (Å²) in [7, 11) is -1.88. The Labute approximate surface area is 157 Å². The summed E-state index contributed by atoms with van der Waals surface area (Å²) < 4.78 is 0.549. The molecule has 2 aliphatic rings. The van der Waals surface area contributed by atoms with Crippen LogP contribution in [0.5, 0.6) is 0 Å². The van der Waals surface area contributed by atoms with Crippen LogP contribution in [0.15, 0.2) is 47.6 Å². The van der Waals surface area contributed by atoms with Gasteiger partial charge < -0.3 is 0 Å². The number of hydrogen-bond donors (Lipinski definition) is 0. The number of hydrogen-bond acceptors (Lipinski definition) is 0. The summed E-state index contributed by atoms with van der Waals surface area (Å²) in [6.07, 6.45) is 17.0. The van der Waals surface area contributed by atoms with Crippen molar-refractivity contribution in [3.63, 3.8) is 0 Å². The van der Waals surface area contributed by atoms with Crippen LogP contribution < -0.4 is 0 Å². The first kappa shape index (κ1) is 19.0. The molecule has 0 aromatic heterocycles. The molecule has 0 spiro atoms. The second kappa shape index (κ2) is 7.30. The van der Waals surface area contributed by atoms with Crippen LogP contribution in [0.1, 0.15) is 12.8 Å². The molecule has 0 bridgehead atoms. The van der Waals surface area contributed by atoms with E-state index in [-0.39, 0.29) is 0 Å². The van der Waals surface area contributed by atoms with E-state index >= 15 is 0 Å². The van der Waals surface area contributed by atoms with Gasteiger partial charge in [-0.3, -0.25) is 0 Å². The molecule has 0 saturated carbocycles. The van der Waals surface area contributed by atoms with Crippen molar-refractivity contribution in [2.45, 2.75) is 54.9 Å². The molecule has 0 atom stereocenters. The second-order valence-corrected chi connectivity index (χ2v) is 45.4. The minimum absolute atomic E-state index is 0.549. The Balaban J connectivity index is 2.69. The van der Waals surface area contributed by atoms with Crippen molar-refractivity contribution >= 4 is 31.6 Å². The summed E-state index contributed by atoms with van der Waals surface area (Å²) in [6.45, 7) is 15.1. The molecule has 0 heterocycles. The van der Waals surface area contributed by atoms with Crippen LogP contribution in [-0.2, 0) is 24.7 Å². The Hall–Kier alpha value is 0.711. The fourth-order valence-corrected chi connectivity index (χ4v) is 92.8. The van der Waals surface area contributed by atoms with Crippen LogP contribution in [0, 0.1) is 0 Å². The zero-order chi connectivity index (χ0) is 16.5. The molecular formula is C17H31Si4Zr. The van der Waals surface area contributed by atoms with E-state index in [1.807, 2.05) is 35.9 Å². The van der Waals surface area contributed by atoms with Gasteiger partial charge in [-0.15, -0.1) is 0 Å². The molecule has 119 valence electrons. The normalized spacial score (nSPS) is 18.7. The van der Waals surface area contributed by atoms with Gasteiger partial charge in [0, 0.05) is 0 Å². The summed E-state index contributed by atoms with van der Waals surface area (Å²) in [5.41, 5.74) is 3.63. The van der Waals surface area contributed by atoms with Gasteiger partial charge in [-0.1, -0.05) is 0 Å². The first-order chi connectivity index (χ1) is 10.3. The third kappa shape index (κ3) is 2.79. The van der Waals surface area contributed by atoms with Gasteiger partial charge in [-0.2, -0.15) is 0 Å². The topological polar surface area (TPSA) is 0 Å². The van der Waals surface area contributed by atoms with Gasteiger partial charge >= 0.3 is 159 Å². The van der Waals surface area contributed by atoms with Crippen molar-refractivity contribution in [3.05, 3.63) is 47.6 Å². The summed E-state index contributed by atoms with van der Waals surface area (Å²) in [5.74, 6) is 0. The molecule has 22 heavy (non-hydrogen) atoms. The van der Waals surface area contributed by atoms with Crippen molar-refractivity contribution in [2.24, 2.45) is 0 Å². The zero-order valence-corrected chi connectivity index (χ0v) is 22.0. The molecule has 0 saturated heterocycles. The Kier molecular flexibility index (Phi) is 6.32. The molecule has 0 aromatic carbocycles. The van der Waals surface area contributed by atoms with Gasteiger partial charge in [0.2, 0.25) is 0 Å². The average Bonchev–Trinajstić information content (AvgIpc) is 3.12. The standard InChI is InChI=1S/C17H31Si4.Zr/c1-18(2)21(19(3)4,20(5)6)17(15-11-7-8-12-15)16-13-9-10-14-16;/h7-11,13,18-20H,12,14H2,1-6H3;. The minimum atomic E-state index is -1.17. The first-order valence-electron chi connectivity index (χ1n) is 8.76. The van der Waals surface area contributed by atoms with E-state index in [0.717, 1.165) is 0 Å². The molecule has 2 aliphatic carbocycles. The second-order valence-electron chi connectivity index (χ2n) is 7.80. The first-order valence-corrected chi connectivity index (χ1v) is 24.3. The quantitative estimate of drug-likeness (QED) is 0.546. The predicted octanol–water partition coefficient (Wildman–Crippen LogP) is 4.15. The number of rotatable bonds is 6. The molecule has 0 N–H and O–H groups in total. The van der Waals surface area contributed by atoms with Crippen LogP contribution >= 0.6 is 0 Å². The molecule has 2 rings (SSSR count). The molecule has 0 amide bonds. The summed E-state index contributed by atoms with van der Waals surface area (Å²) in [5, 5.41) is 0. The average molecular weight is 439 g/mol.